The van der Waals surface area contributed by atoms with Gasteiger partial charge in [0.2, 0.25) is 0 Å². The number of halogens is 4. The number of hydrogen-bond donors (Lipinski definition) is 1. The number of aryl methyl sites for hydroxylation is 2. The summed E-state index contributed by atoms with van der Waals surface area (Å²) >= 11 is 10.2. The van der Waals surface area contributed by atoms with E-state index < -0.39 is 0 Å². The largest absolute Gasteiger partial charge is 0.278 e. The number of fused-ring (bicyclic) bond motifs is 3. The Balaban J connectivity index is 0.000000484. The van der Waals surface area contributed by atoms with Crippen LogP contribution in [0.4, 0.5) is 4.70 Å². The third-order valence-corrected chi connectivity index (χ3v) is 6.17. The summed E-state index contributed by atoms with van der Waals surface area (Å²) in [4.78, 5) is 0. The lowest BCUT2D eigenvalue weighted by Gasteiger charge is -1.92. The number of benzene rings is 3. The standard InChI is InChI=1S/2C8H7BrN2.C7H5BrN2.2CH4.FH.H2/c1-11-5-6-4-7(9)2-3-8(6)10-11;1-11-8-3-2-7(9)4-6(8)5-10-11;8-6-1-2-7-5(3-6)4-9-10-7;;;;/h2*2-5H,1H3;1-4H,(H,9,10);2*1H4;2*1H/i;;;;;;1+1. The van der Waals surface area contributed by atoms with Crippen LogP contribution in [0.3, 0.4) is 0 Å². The smallest absolute Gasteiger partial charge is 0.0923 e. The van der Waals surface area contributed by atoms with Gasteiger partial charge < -0.3 is 0 Å². The molecule has 0 amide bonds. The van der Waals surface area contributed by atoms with Crippen LogP contribution in [-0.4, -0.2) is 29.8 Å². The Kier molecular flexibility index (Phi) is 11.8. The van der Waals surface area contributed by atoms with Gasteiger partial charge in [-0.05, 0) is 54.6 Å². The molecule has 6 aromatic rings. The summed E-state index contributed by atoms with van der Waals surface area (Å²) in [6, 6.07) is 18.2. The topological polar surface area (TPSA) is 64.3 Å². The Morgan fingerprint density at radius 1 is 0.771 bits per heavy atom. The molecule has 0 fully saturated rings. The van der Waals surface area contributed by atoms with E-state index in [-0.39, 0.29) is 21.0 Å². The van der Waals surface area contributed by atoms with Crippen LogP contribution in [0.25, 0.3) is 32.7 Å². The van der Waals surface area contributed by atoms with Gasteiger partial charge in [0.15, 0.2) is 0 Å². The van der Waals surface area contributed by atoms with Crippen LogP contribution in [0.5, 0.6) is 0 Å². The average molecular weight is 674 g/mol. The molecule has 1 N–H and O–H groups in total. The van der Waals surface area contributed by atoms with Crippen LogP contribution < -0.4 is 0 Å². The van der Waals surface area contributed by atoms with E-state index in [9.17, 15) is 0 Å². The maximum Gasteiger partial charge on any atom is 0.0923 e. The van der Waals surface area contributed by atoms with Crippen LogP contribution in [0.15, 0.2) is 86.6 Å². The summed E-state index contributed by atoms with van der Waals surface area (Å²) in [6.07, 6.45) is 5.67. The third-order valence-electron chi connectivity index (χ3n) is 4.69. The predicted octanol–water partition coefficient (Wildman–Crippen LogP) is 8.67. The highest BCUT2D eigenvalue weighted by Gasteiger charge is 1.98. The summed E-state index contributed by atoms with van der Waals surface area (Å²) in [5, 5.41) is 18.6. The highest BCUT2D eigenvalue weighted by atomic mass is 79.9. The maximum atomic E-state index is 4.25. The molecule has 0 aliphatic heterocycles. The first-order valence-corrected chi connectivity index (χ1v) is 12.0. The lowest BCUT2D eigenvalue weighted by atomic mass is 10.3. The van der Waals surface area contributed by atoms with E-state index in [4.69, 9.17) is 0 Å². The minimum atomic E-state index is 0. The van der Waals surface area contributed by atoms with Crippen molar-refractivity contribution in [2.45, 2.75) is 14.9 Å². The molecule has 0 unspecified atom stereocenters. The molecule has 3 aromatic heterocycles. The molecule has 0 spiro atoms. The van der Waals surface area contributed by atoms with Crippen LogP contribution >= 0.6 is 47.8 Å². The van der Waals surface area contributed by atoms with Crippen molar-refractivity contribution in [3.8, 4) is 0 Å². The van der Waals surface area contributed by atoms with Crippen molar-refractivity contribution in [2.75, 3.05) is 0 Å². The second-order valence-electron chi connectivity index (χ2n) is 7.08. The highest BCUT2D eigenvalue weighted by molar-refractivity contribution is 9.11. The molecule has 6 rings (SSSR count). The molecule has 3 aromatic carbocycles. The predicted molar refractivity (Wildman–Crippen MR) is 159 cm³/mol. The number of aromatic amines is 1. The van der Waals surface area contributed by atoms with Gasteiger partial charge >= 0.3 is 0 Å². The molecule has 0 aliphatic rings. The number of rotatable bonds is 0. The number of nitrogens with one attached hydrogen (secondary N) is 1. The second kappa shape index (κ2) is 13.5. The van der Waals surface area contributed by atoms with Crippen LogP contribution in [0.1, 0.15) is 16.3 Å². The van der Waals surface area contributed by atoms with E-state index in [2.05, 4.69) is 80.3 Å². The van der Waals surface area contributed by atoms with Gasteiger partial charge in [-0.2, -0.15) is 15.3 Å². The van der Waals surface area contributed by atoms with Crippen molar-refractivity contribution in [1.82, 2.24) is 29.8 Å². The fraction of sp³-hybridized carbons (Fsp3) is 0.160. The van der Waals surface area contributed by atoms with Gasteiger partial charge in [-0.3, -0.25) is 19.2 Å². The minimum absolute atomic E-state index is 0. The molecule has 6 nitrogen and oxygen atoms in total. The number of hydrogen-bond acceptors (Lipinski definition) is 3. The Morgan fingerprint density at radius 3 is 2.09 bits per heavy atom. The van der Waals surface area contributed by atoms with Crippen LogP contribution in [-0.2, 0) is 14.1 Å². The van der Waals surface area contributed by atoms with E-state index in [0.29, 0.717) is 0 Å². The quantitative estimate of drug-likeness (QED) is 0.176. The van der Waals surface area contributed by atoms with Crippen molar-refractivity contribution in [2.24, 2.45) is 14.1 Å². The zero-order valence-corrected chi connectivity index (χ0v) is 22.5. The summed E-state index contributed by atoms with van der Waals surface area (Å²) in [5.41, 5.74) is 3.27. The van der Waals surface area contributed by atoms with Crippen LogP contribution in [0.2, 0.25) is 0 Å². The molecule has 35 heavy (non-hydrogen) atoms. The number of nitrogens with zero attached hydrogens (tertiary/aromatic N) is 5. The van der Waals surface area contributed by atoms with Gasteiger partial charge in [-0.1, -0.05) is 62.6 Å². The van der Waals surface area contributed by atoms with E-state index in [1.165, 1.54) is 10.8 Å². The van der Waals surface area contributed by atoms with E-state index in [1.54, 1.807) is 6.20 Å². The third kappa shape index (κ3) is 7.71. The van der Waals surface area contributed by atoms with Gasteiger partial charge in [0, 0.05) is 51.3 Å². The Bertz CT molecular complexity index is 1500. The molecule has 188 valence electrons. The molecule has 3 heterocycles. The molecular weight excluding hydrogens is 643 g/mol. The Labute approximate surface area is 231 Å². The molecular formula is C25H30Br3FN6. The Morgan fingerprint density at radius 2 is 1.37 bits per heavy atom. The average Bonchev–Trinajstić information content (AvgIpc) is 3.46. The van der Waals surface area contributed by atoms with Gasteiger partial charge in [-0.25, -0.2) is 0 Å². The second-order valence-corrected chi connectivity index (χ2v) is 9.83. The van der Waals surface area contributed by atoms with Crippen molar-refractivity contribution < 1.29 is 6.13 Å². The van der Waals surface area contributed by atoms with E-state index >= 15 is 0 Å². The molecule has 0 bridgehead atoms. The van der Waals surface area contributed by atoms with Gasteiger partial charge in [-0.15, -0.1) is 0 Å². The monoisotopic (exact) mass is 671 g/mol. The first-order valence-electron chi connectivity index (χ1n) is 9.64. The summed E-state index contributed by atoms with van der Waals surface area (Å²) in [5.74, 6) is 0. The zero-order chi connectivity index (χ0) is 22.7. The minimum Gasteiger partial charge on any atom is -0.278 e. The van der Waals surface area contributed by atoms with Crippen molar-refractivity contribution in [1.29, 1.82) is 0 Å². The molecule has 0 atom stereocenters. The fourth-order valence-corrected chi connectivity index (χ4v) is 4.30. The normalized spacial score (nSPS) is 9.74. The lowest BCUT2D eigenvalue weighted by molar-refractivity contribution is 0.780. The molecule has 0 aliphatic carbocycles. The summed E-state index contributed by atoms with van der Waals surface area (Å²) in [6.45, 7) is 0. The van der Waals surface area contributed by atoms with E-state index in [0.717, 1.165) is 35.4 Å². The zero-order valence-electron chi connectivity index (χ0n) is 17.7. The van der Waals surface area contributed by atoms with Crippen LogP contribution in [0, 0.1) is 0 Å². The number of aromatic nitrogens is 6. The number of H-pyrrole nitrogens is 1. The lowest BCUT2D eigenvalue weighted by Crippen LogP contribution is -1.87. The molecule has 10 heteroatoms. The summed E-state index contributed by atoms with van der Waals surface area (Å²) in [7, 11) is 3.87. The fourth-order valence-electron chi connectivity index (χ4n) is 3.17. The maximum absolute atomic E-state index is 4.25. The summed E-state index contributed by atoms with van der Waals surface area (Å²) < 4.78 is 6.95. The molecule has 0 saturated heterocycles. The van der Waals surface area contributed by atoms with Crippen molar-refractivity contribution in [3.05, 3.63) is 86.6 Å². The van der Waals surface area contributed by atoms with Crippen molar-refractivity contribution in [3.63, 3.8) is 0 Å². The first kappa shape index (κ1) is 30.5. The van der Waals surface area contributed by atoms with Gasteiger partial charge in [0.05, 0.1) is 28.9 Å². The van der Waals surface area contributed by atoms with Gasteiger partial charge in [0.25, 0.3) is 0 Å². The Hall–Kier alpha value is -2.56. The SMILES string of the molecule is Brc1ccc2[nH]ncc2c1.C.C.Cn1cc2cc(Br)ccc2n1.Cn1ncc2cc(Br)ccc21.F.[2HH]. The highest BCUT2D eigenvalue weighted by Crippen LogP contribution is 2.19. The van der Waals surface area contributed by atoms with Crippen molar-refractivity contribution >= 4 is 80.5 Å². The van der Waals surface area contributed by atoms with E-state index in [1.807, 2.05) is 78.3 Å². The van der Waals surface area contributed by atoms with Gasteiger partial charge in [0.1, 0.15) is 0 Å². The first-order chi connectivity index (χ1) is 15.4. The molecule has 0 radical (unpaired) electrons. The molecule has 0 saturated carbocycles.